The van der Waals surface area contributed by atoms with Crippen LogP contribution in [-0.2, 0) is 0 Å². The molecule has 2 heteroatoms. The highest BCUT2D eigenvalue weighted by Gasteiger charge is 2.52. The van der Waals surface area contributed by atoms with Gasteiger partial charge in [-0.2, -0.15) is 0 Å². The van der Waals surface area contributed by atoms with Crippen molar-refractivity contribution in [2.24, 2.45) is 17.3 Å². The zero-order valence-electron chi connectivity index (χ0n) is 9.68. The monoisotopic (exact) mass is 217 g/mol. The van der Waals surface area contributed by atoms with Gasteiger partial charge in [-0.3, -0.25) is 0 Å². The number of nitrogens with one attached hydrogen (secondary N) is 1. The first-order valence-electron chi connectivity index (χ1n) is 5.89. The van der Waals surface area contributed by atoms with E-state index in [0.29, 0.717) is 5.41 Å². The second-order valence-corrected chi connectivity index (χ2v) is 5.52. The first-order valence-corrected chi connectivity index (χ1v) is 5.89. The first kappa shape index (κ1) is 12.3. The molecule has 2 aliphatic rings. The van der Waals surface area contributed by atoms with Gasteiger partial charge in [-0.05, 0) is 49.5 Å². The molecule has 14 heavy (non-hydrogen) atoms. The maximum Gasteiger partial charge on any atom is 0.0149 e. The molecule has 2 rings (SSSR count). The van der Waals surface area contributed by atoms with Crippen molar-refractivity contribution < 1.29 is 0 Å². The van der Waals surface area contributed by atoms with Crippen LogP contribution in [0.4, 0.5) is 0 Å². The van der Waals surface area contributed by atoms with Gasteiger partial charge in [-0.1, -0.05) is 20.8 Å². The largest absolute Gasteiger partial charge is 0.313 e. The van der Waals surface area contributed by atoms with E-state index >= 15 is 0 Å². The lowest BCUT2D eigenvalue weighted by Gasteiger charge is -2.38. The molecule has 84 valence electrons. The number of hydrogen-bond donors (Lipinski definition) is 1. The van der Waals surface area contributed by atoms with Crippen LogP contribution in [0.3, 0.4) is 0 Å². The van der Waals surface area contributed by atoms with E-state index in [1.54, 1.807) is 0 Å². The summed E-state index contributed by atoms with van der Waals surface area (Å²) in [5.41, 5.74) is 0.568. The summed E-state index contributed by atoms with van der Waals surface area (Å²) in [6.45, 7) is 8.39. The molecule has 0 aromatic carbocycles. The van der Waals surface area contributed by atoms with Crippen molar-refractivity contribution in [3.8, 4) is 0 Å². The minimum atomic E-state index is 0. The van der Waals surface area contributed by atoms with Crippen molar-refractivity contribution in [1.29, 1.82) is 0 Å². The fourth-order valence-corrected chi connectivity index (χ4v) is 3.59. The van der Waals surface area contributed by atoms with Crippen LogP contribution in [0.1, 0.15) is 46.5 Å². The standard InChI is InChI=1S/C12H23N.ClH/c1-4-7-13-11-9-5-6-10(8-9)12(11,2)3;/h9-11,13H,4-8H2,1-3H3;1H. The summed E-state index contributed by atoms with van der Waals surface area (Å²) in [5.74, 6) is 2.00. The van der Waals surface area contributed by atoms with Gasteiger partial charge in [-0.25, -0.2) is 0 Å². The minimum absolute atomic E-state index is 0. The van der Waals surface area contributed by atoms with Crippen LogP contribution >= 0.6 is 12.4 Å². The lowest BCUT2D eigenvalue weighted by Crippen LogP contribution is -2.46. The van der Waals surface area contributed by atoms with E-state index in [4.69, 9.17) is 0 Å². The van der Waals surface area contributed by atoms with Gasteiger partial charge < -0.3 is 5.32 Å². The maximum atomic E-state index is 3.75. The Hall–Kier alpha value is 0.250. The Morgan fingerprint density at radius 3 is 2.50 bits per heavy atom. The Balaban J connectivity index is 0.000000980. The van der Waals surface area contributed by atoms with E-state index in [1.165, 1.54) is 32.2 Å². The lowest BCUT2D eigenvalue weighted by molar-refractivity contribution is 0.152. The molecular formula is C12H24ClN. The molecule has 0 aliphatic heterocycles. The Morgan fingerprint density at radius 1 is 1.29 bits per heavy atom. The average Bonchev–Trinajstić information content (AvgIpc) is 2.60. The maximum absolute atomic E-state index is 3.75. The van der Waals surface area contributed by atoms with Crippen molar-refractivity contribution in [3.05, 3.63) is 0 Å². The number of hydrogen-bond acceptors (Lipinski definition) is 1. The molecule has 2 fully saturated rings. The third kappa shape index (κ3) is 1.81. The third-order valence-electron chi connectivity index (χ3n) is 4.41. The Kier molecular flexibility index (Phi) is 3.87. The molecule has 2 saturated carbocycles. The van der Waals surface area contributed by atoms with Crippen LogP contribution < -0.4 is 5.32 Å². The molecule has 0 amide bonds. The van der Waals surface area contributed by atoms with E-state index in [2.05, 4.69) is 26.1 Å². The van der Waals surface area contributed by atoms with Crippen molar-refractivity contribution in [2.75, 3.05) is 6.54 Å². The van der Waals surface area contributed by atoms with E-state index in [0.717, 1.165) is 17.9 Å². The average molecular weight is 218 g/mol. The van der Waals surface area contributed by atoms with Crippen LogP contribution in [0.25, 0.3) is 0 Å². The van der Waals surface area contributed by atoms with Gasteiger partial charge in [0.05, 0.1) is 0 Å². The molecule has 0 aromatic rings. The van der Waals surface area contributed by atoms with E-state index < -0.39 is 0 Å². The number of rotatable bonds is 3. The molecule has 0 saturated heterocycles. The third-order valence-corrected chi connectivity index (χ3v) is 4.41. The van der Waals surface area contributed by atoms with Crippen molar-refractivity contribution in [3.63, 3.8) is 0 Å². The molecule has 2 aliphatic carbocycles. The van der Waals surface area contributed by atoms with Crippen molar-refractivity contribution in [1.82, 2.24) is 5.32 Å². The number of halogens is 1. The highest BCUT2D eigenvalue weighted by molar-refractivity contribution is 5.85. The molecule has 1 nitrogen and oxygen atoms in total. The normalized spacial score (nSPS) is 38.4. The lowest BCUT2D eigenvalue weighted by atomic mass is 9.73. The predicted octanol–water partition coefficient (Wildman–Crippen LogP) is 3.23. The zero-order valence-corrected chi connectivity index (χ0v) is 10.5. The van der Waals surface area contributed by atoms with Crippen LogP contribution in [-0.4, -0.2) is 12.6 Å². The summed E-state index contributed by atoms with van der Waals surface area (Å²) in [5, 5.41) is 3.75. The van der Waals surface area contributed by atoms with Gasteiger partial charge in [0.25, 0.3) is 0 Å². The van der Waals surface area contributed by atoms with Crippen molar-refractivity contribution in [2.45, 2.75) is 52.5 Å². The van der Waals surface area contributed by atoms with Crippen LogP contribution in [0, 0.1) is 17.3 Å². The van der Waals surface area contributed by atoms with Gasteiger partial charge >= 0.3 is 0 Å². The topological polar surface area (TPSA) is 12.0 Å². The summed E-state index contributed by atoms with van der Waals surface area (Å²) in [6.07, 6.45) is 5.73. The summed E-state index contributed by atoms with van der Waals surface area (Å²) < 4.78 is 0. The van der Waals surface area contributed by atoms with Crippen LogP contribution in [0.5, 0.6) is 0 Å². The highest BCUT2D eigenvalue weighted by atomic mass is 35.5. The van der Waals surface area contributed by atoms with E-state index in [1.807, 2.05) is 0 Å². The summed E-state index contributed by atoms with van der Waals surface area (Å²) in [4.78, 5) is 0. The second kappa shape index (κ2) is 4.40. The molecule has 0 spiro atoms. The Bertz CT molecular complexity index is 191. The van der Waals surface area contributed by atoms with Gasteiger partial charge in [0.15, 0.2) is 0 Å². The second-order valence-electron chi connectivity index (χ2n) is 5.52. The quantitative estimate of drug-likeness (QED) is 0.766. The summed E-state index contributed by atoms with van der Waals surface area (Å²) >= 11 is 0. The molecule has 2 bridgehead atoms. The Labute approximate surface area is 94.4 Å². The Morgan fingerprint density at radius 2 is 2.00 bits per heavy atom. The summed E-state index contributed by atoms with van der Waals surface area (Å²) in [6, 6.07) is 0.811. The molecule has 0 aromatic heterocycles. The fourth-order valence-electron chi connectivity index (χ4n) is 3.59. The predicted molar refractivity (Wildman–Crippen MR) is 63.9 cm³/mol. The fraction of sp³-hybridized carbons (Fsp3) is 1.00. The van der Waals surface area contributed by atoms with Gasteiger partial charge in [0.1, 0.15) is 0 Å². The van der Waals surface area contributed by atoms with Crippen molar-refractivity contribution >= 4 is 12.4 Å². The van der Waals surface area contributed by atoms with Gasteiger partial charge in [-0.15, -0.1) is 12.4 Å². The minimum Gasteiger partial charge on any atom is -0.313 e. The van der Waals surface area contributed by atoms with Crippen LogP contribution in [0.15, 0.2) is 0 Å². The van der Waals surface area contributed by atoms with E-state index in [9.17, 15) is 0 Å². The molecule has 3 unspecified atom stereocenters. The van der Waals surface area contributed by atoms with E-state index in [-0.39, 0.29) is 12.4 Å². The molecule has 0 radical (unpaired) electrons. The van der Waals surface area contributed by atoms with Gasteiger partial charge in [0, 0.05) is 6.04 Å². The van der Waals surface area contributed by atoms with Crippen LogP contribution in [0.2, 0.25) is 0 Å². The zero-order chi connectivity index (χ0) is 9.47. The SMILES string of the molecule is CCCNC1C2CCC(C2)C1(C)C.Cl. The highest BCUT2D eigenvalue weighted by Crippen LogP contribution is 2.55. The summed E-state index contributed by atoms with van der Waals surface area (Å²) in [7, 11) is 0. The number of fused-ring (bicyclic) bond motifs is 2. The first-order chi connectivity index (χ1) is 6.16. The smallest absolute Gasteiger partial charge is 0.0149 e. The molecule has 3 atom stereocenters. The van der Waals surface area contributed by atoms with Gasteiger partial charge in [0.2, 0.25) is 0 Å². The molecule has 1 N–H and O–H groups in total. The molecular weight excluding hydrogens is 194 g/mol. The molecule has 0 heterocycles.